The van der Waals surface area contributed by atoms with Gasteiger partial charge in [0.2, 0.25) is 0 Å². The van der Waals surface area contributed by atoms with E-state index in [1.54, 1.807) is 0 Å². The van der Waals surface area contributed by atoms with Gasteiger partial charge in [0.05, 0.1) is 17.3 Å². The molecule has 152 valence electrons. The summed E-state index contributed by atoms with van der Waals surface area (Å²) in [5.41, 5.74) is 0.905. The molecule has 0 spiro atoms. The van der Waals surface area contributed by atoms with Gasteiger partial charge in [-0.2, -0.15) is 4.39 Å². The molecule has 1 rings (SSSR count). The molecule has 0 atom stereocenters. The molecule has 1 aromatic carbocycles. The molecule has 0 radical (unpaired) electrons. The first-order valence-corrected chi connectivity index (χ1v) is 9.96. The van der Waals surface area contributed by atoms with Crippen molar-refractivity contribution in [3.8, 4) is 11.5 Å². The quantitative estimate of drug-likeness (QED) is 0.181. The fraction of sp³-hybridized carbons (Fsp3) is 0.526. The van der Waals surface area contributed by atoms with Crippen LogP contribution in [0, 0.1) is 5.82 Å². The van der Waals surface area contributed by atoms with Gasteiger partial charge in [-0.25, -0.2) is 4.39 Å². The first-order valence-electron chi connectivity index (χ1n) is 8.79. The molecule has 0 N–H and O–H groups in total. The van der Waals surface area contributed by atoms with Gasteiger partial charge in [0, 0.05) is 12.1 Å². The summed E-state index contributed by atoms with van der Waals surface area (Å²) >= 11 is 8.68. The molecule has 0 saturated heterocycles. The Labute approximate surface area is 172 Å². The second kappa shape index (κ2) is 13.8. The largest absolute Gasteiger partial charge is 0.489 e. The zero-order chi connectivity index (χ0) is 20.1. The van der Waals surface area contributed by atoms with Gasteiger partial charge < -0.3 is 14.3 Å². The van der Waals surface area contributed by atoms with E-state index >= 15 is 0 Å². The highest BCUT2D eigenvalue weighted by atomic mass is 79.9. The summed E-state index contributed by atoms with van der Waals surface area (Å²) in [7, 11) is 0. The Hall–Kier alpha value is -1.34. The number of hydrogen-bond donors (Lipinski definition) is 0. The molecule has 0 amide bonds. The number of halogens is 4. The molecule has 8 heteroatoms. The molecule has 0 aromatic heterocycles. The minimum absolute atomic E-state index is 0.00688. The van der Waals surface area contributed by atoms with E-state index in [2.05, 4.69) is 21.1 Å². The maximum atomic E-state index is 14.1. The van der Waals surface area contributed by atoms with Crippen molar-refractivity contribution in [2.75, 3.05) is 19.8 Å². The average molecular weight is 469 g/mol. The van der Waals surface area contributed by atoms with E-state index in [1.165, 1.54) is 18.2 Å². The number of oxime groups is 1. The average Bonchev–Trinajstić information content (AvgIpc) is 2.58. The molecule has 0 saturated carbocycles. The van der Waals surface area contributed by atoms with Gasteiger partial charge >= 0.3 is 0 Å². The zero-order valence-corrected chi connectivity index (χ0v) is 17.9. The summed E-state index contributed by atoms with van der Waals surface area (Å²) in [6, 6.07) is 2.61. The van der Waals surface area contributed by atoms with Gasteiger partial charge in [0.25, 0.3) is 0 Å². The minimum Gasteiger partial charge on any atom is -0.489 e. The third-order valence-electron chi connectivity index (χ3n) is 3.33. The van der Waals surface area contributed by atoms with Crippen LogP contribution in [0.2, 0.25) is 5.02 Å². The first kappa shape index (κ1) is 23.7. The second-order valence-electron chi connectivity index (χ2n) is 6.01. The van der Waals surface area contributed by atoms with E-state index in [-0.39, 0.29) is 23.1 Å². The maximum absolute atomic E-state index is 14.1. The Morgan fingerprint density at radius 1 is 1.11 bits per heavy atom. The number of ether oxygens (including phenoxy) is 2. The predicted molar refractivity (Wildman–Crippen MR) is 108 cm³/mol. The van der Waals surface area contributed by atoms with E-state index in [0.717, 1.165) is 37.8 Å². The summed E-state index contributed by atoms with van der Waals surface area (Å²) in [5, 5.41) is 3.99. The highest BCUT2D eigenvalue weighted by Crippen LogP contribution is 2.32. The lowest BCUT2D eigenvalue weighted by atomic mass is 10.1. The lowest BCUT2D eigenvalue weighted by Crippen LogP contribution is -2.01. The summed E-state index contributed by atoms with van der Waals surface area (Å²) in [6.45, 7) is 4.74. The summed E-state index contributed by atoms with van der Waals surface area (Å²) in [6.07, 6.45) is 5.98. The molecule has 0 fully saturated rings. The maximum Gasteiger partial charge on any atom is 0.173 e. The van der Waals surface area contributed by atoms with E-state index in [9.17, 15) is 8.78 Å². The van der Waals surface area contributed by atoms with Crippen molar-refractivity contribution in [3.63, 3.8) is 0 Å². The van der Waals surface area contributed by atoms with Crippen LogP contribution in [-0.2, 0) is 4.84 Å². The molecule has 0 aliphatic carbocycles. The Bertz CT molecular complexity index is 610. The number of hydrogen-bond acceptors (Lipinski definition) is 4. The molecule has 0 heterocycles. The third-order valence-corrected chi connectivity index (χ3v) is 3.94. The molecule has 27 heavy (non-hydrogen) atoms. The van der Waals surface area contributed by atoms with Crippen LogP contribution in [0.3, 0.4) is 0 Å². The van der Waals surface area contributed by atoms with E-state index < -0.39 is 10.6 Å². The number of rotatable bonds is 13. The second-order valence-corrected chi connectivity index (χ2v) is 7.17. The van der Waals surface area contributed by atoms with Crippen LogP contribution in [0.1, 0.15) is 46.0 Å². The van der Waals surface area contributed by atoms with E-state index in [1.807, 2.05) is 13.8 Å². The standard InChI is InChI=1S/C19H25BrClF2NO3/c1-14(2)24-27-10-7-5-3-4-6-9-26-19-16(21)12-15(13-17(19)22)25-11-8-18(20)23/h8,12-13H,3-7,9-11H2,1-2H3/b18-8-. The topological polar surface area (TPSA) is 40.0 Å². The van der Waals surface area contributed by atoms with Crippen molar-refractivity contribution in [2.24, 2.45) is 5.16 Å². The van der Waals surface area contributed by atoms with Crippen LogP contribution < -0.4 is 9.47 Å². The van der Waals surface area contributed by atoms with Crippen LogP contribution in [0.25, 0.3) is 0 Å². The predicted octanol–water partition coefficient (Wildman–Crippen LogP) is 6.81. The fourth-order valence-corrected chi connectivity index (χ4v) is 2.49. The molecule has 4 nitrogen and oxygen atoms in total. The van der Waals surface area contributed by atoms with Crippen molar-refractivity contribution >= 4 is 33.2 Å². The highest BCUT2D eigenvalue weighted by Gasteiger charge is 2.12. The summed E-state index contributed by atoms with van der Waals surface area (Å²) in [5.74, 6) is -0.392. The van der Waals surface area contributed by atoms with Gasteiger partial charge in [-0.3, -0.25) is 0 Å². The molecule has 0 aliphatic rings. The van der Waals surface area contributed by atoms with E-state index in [0.29, 0.717) is 13.2 Å². The Balaban J connectivity index is 2.24. The van der Waals surface area contributed by atoms with Crippen molar-refractivity contribution in [3.05, 3.63) is 33.8 Å². The third kappa shape index (κ3) is 11.2. The highest BCUT2D eigenvalue weighted by molar-refractivity contribution is 9.11. The van der Waals surface area contributed by atoms with Crippen LogP contribution in [0.5, 0.6) is 11.5 Å². The Morgan fingerprint density at radius 2 is 1.78 bits per heavy atom. The smallest absolute Gasteiger partial charge is 0.173 e. The molecular weight excluding hydrogens is 444 g/mol. The first-order chi connectivity index (χ1) is 12.9. The molecule has 0 unspecified atom stereocenters. The number of benzene rings is 1. The molecular formula is C19H25BrClF2NO3. The number of nitrogens with zero attached hydrogens (tertiary/aromatic N) is 1. The van der Waals surface area contributed by atoms with Crippen LogP contribution in [-0.4, -0.2) is 25.5 Å². The minimum atomic E-state index is -0.607. The lowest BCUT2D eigenvalue weighted by molar-refractivity contribution is 0.139. The van der Waals surface area contributed by atoms with Crippen molar-refractivity contribution in [2.45, 2.75) is 46.0 Å². The van der Waals surface area contributed by atoms with Crippen LogP contribution >= 0.6 is 27.5 Å². The van der Waals surface area contributed by atoms with Gasteiger partial charge in [0.1, 0.15) is 19.0 Å². The van der Waals surface area contributed by atoms with Gasteiger partial charge in [-0.1, -0.05) is 29.6 Å². The van der Waals surface area contributed by atoms with Crippen molar-refractivity contribution in [1.29, 1.82) is 0 Å². The SMILES string of the molecule is CC(C)=NOCCCCCCCOc1c(F)cc(OC/C=C(\F)Br)cc1Cl. The Morgan fingerprint density at radius 3 is 2.41 bits per heavy atom. The summed E-state index contributed by atoms with van der Waals surface area (Å²) < 4.78 is 36.7. The van der Waals surface area contributed by atoms with Crippen LogP contribution in [0.4, 0.5) is 8.78 Å². The van der Waals surface area contributed by atoms with Crippen molar-refractivity contribution in [1.82, 2.24) is 0 Å². The molecule has 0 aliphatic heterocycles. The zero-order valence-electron chi connectivity index (χ0n) is 15.6. The van der Waals surface area contributed by atoms with Crippen LogP contribution in [0.15, 0.2) is 28.1 Å². The van der Waals surface area contributed by atoms with E-state index in [4.69, 9.17) is 25.9 Å². The number of unbranched alkanes of at least 4 members (excludes halogenated alkanes) is 4. The van der Waals surface area contributed by atoms with Gasteiger partial charge in [0.15, 0.2) is 16.3 Å². The molecule has 1 aromatic rings. The fourth-order valence-electron chi connectivity index (χ4n) is 2.11. The van der Waals surface area contributed by atoms with Gasteiger partial charge in [-0.05, 0) is 55.1 Å². The monoisotopic (exact) mass is 467 g/mol. The normalized spacial score (nSPS) is 11.3. The lowest BCUT2D eigenvalue weighted by Gasteiger charge is -2.11. The Kier molecular flexibility index (Phi) is 12.1. The van der Waals surface area contributed by atoms with Gasteiger partial charge in [-0.15, -0.1) is 0 Å². The molecule has 0 bridgehead atoms. The van der Waals surface area contributed by atoms with Crippen molar-refractivity contribution < 1.29 is 23.1 Å². The summed E-state index contributed by atoms with van der Waals surface area (Å²) in [4.78, 5) is 5.13.